The van der Waals surface area contributed by atoms with Gasteiger partial charge in [0.25, 0.3) is 5.91 Å². The molecule has 0 aliphatic rings. The maximum absolute atomic E-state index is 12.1. The van der Waals surface area contributed by atoms with Crippen LogP contribution in [-0.2, 0) is 0 Å². The Balaban J connectivity index is 2.63. The minimum absolute atomic E-state index is 0.0741. The summed E-state index contributed by atoms with van der Waals surface area (Å²) in [5, 5.41) is 3.01. The largest absolute Gasteiger partial charge is 0.493 e. The normalized spacial score (nSPS) is 11.8. The molecule has 1 aromatic carbocycles. The Morgan fingerprint density at radius 3 is 2.50 bits per heavy atom. The Bertz CT molecular complexity index is 432. The van der Waals surface area contributed by atoms with Crippen molar-refractivity contribution in [2.24, 2.45) is 0 Å². The summed E-state index contributed by atoms with van der Waals surface area (Å²) in [7, 11) is 3.14. The van der Waals surface area contributed by atoms with Crippen molar-refractivity contribution in [3.63, 3.8) is 0 Å². The highest BCUT2D eigenvalue weighted by Crippen LogP contribution is 2.27. The summed E-state index contributed by atoms with van der Waals surface area (Å²) in [6.07, 6.45) is 4.55. The lowest BCUT2D eigenvalue weighted by molar-refractivity contribution is 0.0937. The Labute approximate surface area is 121 Å². The number of hydrogen-bond donors (Lipinski definition) is 1. The number of hydrogen-bond acceptors (Lipinski definition) is 3. The van der Waals surface area contributed by atoms with Gasteiger partial charge in [0, 0.05) is 11.6 Å². The van der Waals surface area contributed by atoms with Crippen LogP contribution in [0.1, 0.15) is 49.9 Å². The molecule has 20 heavy (non-hydrogen) atoms. The SMILES string of the molecule is CCCCCC(C)NC(=O)c1ccc(OC)c(OC)c1. The summed E-state index contributed by atoms with van der Waals surface area (Å²) in [6, 6.07) is 5.37. The van der Waals surface area contributed by atoms with E-state index >= 15 is 0 Å². The molecule has 0 saturated heterocycles. The molecule has 1 unspecified atom stereocenters. The quantitative estimate of drug-likeness (QED) is 0.742. The minimum atomic E-state index is -0.0741. The maximum atomic E-state index is 12.1. The van der Waals surface area contributed by atoms with Crippen LogP contribution in [0.3, 0.4) is 0 Å². The lowest BCUT2D eigenvalue weighted by Gasteiger charge is -2.14. The summed E-state index contributed by atoms with van der Waals surface area (Å²) < 4.78 is 10.4. The van der Waals surface area contributed by atoms with Gasteiger partial charge in [-0.15, -0.1) is 0 Å². The van der Waals surface area contributed by atoms with E-state index in [9.17, 15) is 4.79 Å². The van der Waals surface area contributed by atoms with Gasteiger partial charge in [0.1, 0.15) is 0 Å². The van der Waals surface area contributed by atoms with Gasteiger partial charge in [-0.25, -0.2) is 0 Å². The number of benzene rings is 1. The molecule has 0 fully saturated rings. The molecule has 0 aliphatic carbocycles. The highest BCUT2D eigenvalue weighted by atomic mass is 16.5. The Morgan fingerprint density at radius 2 is 1.90 bits per heavy atom. The van der Waals surface area contributed by atoms with Gasteiger partial charge in [-0.1, -0.05) is 26.2 Å². The molecule has 1 atom stereocenters. The van der Waals surface area contributed by atoms with Gasteiger partial charge in [-0.05, 0) is 31.5 Å². The molecule has 112 valence electrons. The van der Waals surface area contributed by atoms with E-state index < -0.39 is 0 Å². The first-order valence-electron chi connectivity index (χ1n) is 7.15. The molecule has 4 heteroatoms. The van der Waals surface area contributed by atoms with Gasteiger partial charge in [-0.2, -0.15) is 0 Å². The number of methoxy groups -OCH3 is 2. The Hall–Kier alpha value is -1.71. The van der Waals surface area contributed by atoms with Gasteiger partial charge in [0.05, 0.1) is 14.2 Å². The molecular formula is C16H25NO3. The zero-order valence-electron chi connectivity index (χ0n) is 12.9. The first kappa shape index (κ1) is 16.3. The zero-order chi connectivity index (χ0) is 15.0. The van der Waals surface area contributed by atoms with Crippen LogP contribution in [0.2, 0.25) is 0 Å². The van der Waals surface area contributed by atoms with Crippen LogP contribution >= 0.6 is 0 Å². The van der Waals surface area contributed by atoms with Crippen molar-refractivity contribution >= 4 is 5.91 Å². The van der Waals surface area contributed by atoms with Crippen molar-refractivity contribution in [2.75, 3.05) is 14.2 Å². The van der Waals surface area contributed by atoms with Crippen molar-refractivity contribution in [3.05, 3.63) is 23.8 Å². The fourth-order valence-electron chi connectivity index (χ4n) is 2.06. The van der Waals surface area contributed by atoms with E-state index in [0.717, 1.165) is 12.8 Å². The first-order valence-corrected chi connectivity index (χ1v) is 7.15. The van der Waals surface area contributed by atoms with E-state index in [2.05, 4.69) is 12.2 Å². The highest BCUT2D eigenvalue weighted by molar-refractivity contribution is 5.95. The van der Waals surface area contributed by atoms with Crippen molar-refractivity contribution in [2.45, 2.75) is 45.6 Å². The Kier molecular flexibility index (Phi) is 6.91. The van der Waals surface area contributed by atoms with Gasteiger partial charge in [0.15, 0.2) is 11.5 Å². The topological polar surface area (TPSA) is 47.6 Å². The summed E-state index contributed by atoms with van der Waals surface area (Å²) in [4.78, 5) is 12.1. The van der Waals surface area contributed by atoms with Gasteiger partial charge in [0.2, 0.25) is 0 Å². The molecule has 0 aliphatic heterocycles. The highest BCUT2D eigenvalue weighted by Gasteiger charge is 2.12. The van der Waals surface area contributed by atoms with Crippen LogP contribution in [0, 0.1) is 0 Å². The third kappa shape index (κ3) is 4.76. The number of carbonyl (C=O) groups is 1. The maximum Gasteiger partial charge on any atom is 0.251 e. The fraction of sp³-hybridized carbons (Fsp3) is 0.562. The summed E-state index contributed by atoms with van der Waals surface area (Å²) in [5.74, 6) is 1.12. The smallest absolute Gasteiger partial charge is 0.251 e. The summed E-state index contributed by atoms with van der Waals surface area (Å²) >= 11 is 0. The van der Waals surface area contributed by atoms with E-state index in [4.69, 9.17) is 9.47 Å². The number of ether oxygens (including phenoxy) is 2. The molecule has 4 nitrogen and oxygen atoms in total. The molecule has 1 amide bonds. The van der Waals surface area contributed by atoms with Crippen LogP contribution in [-0.4, -0.2) is 26.2 Å². The minimum Gasteiger partial charge on any atom is -0.493 e. The monoisotopic (exact) mass is 279 g/mol. The van der Waals surface area contributed by atoms with Crippen LogP contribution in [0.5, 0.6) is 11.5 Å². The van der Waals surface area contributed by atoms with Crippen molar-refractivity contribution in [3.8, 4) is 11.5 Å². The molecule has 0 bridgehead atoms. The van der Waals surface area contributed by atoms with Gasteiger partial charge < -0.3 is 14.8 Å². The average Bonchev–Trinajstić information content (AvgIpc) is 2.46. The predicted molar refractivity (Wildman–Crippen MR) is 80.6 cm³/mol. The van der Waals surface area contributed by atoms with E-state index in [-0.39, 0.29) is 11.9 Å². The summed E-state index contributed by atoms with van der Waals surface area (Å²) in [5.41, 5.74) is 0.588. The fourth-order valence-corrected chi connectivity index (χ4v) is 2.06. The molecular weight excluding hydrogens is 254 g/mol. The number of amides is 1. The zero-order valence-corrected chi connectivity index (χ0v) is 12.9. The molecule has 1 rings (SSSR count). The van der Waals surface area contributed by atoms with Crippen LogP contribution < -0.4 is 14.8 Å². The Morgan fingerprint density at radius 1 is 1.20 bits per heavy atom. The standard InChI is InChI=1S/C16H25NO3/c1-5-6-7-8-12(2)17-16(18)13-9-10-14(19-3)15(11-13)20-4/h9-12H,5-8H2,1-4H3,(H,17,18). The van der Waals surface area contributed by atoms with Gasteiger partial charge >= 0.3 is 0 Å². The number of nitrogens with one attached hydrogen (secondary N) is 1. The van der Waals surface area contributed by atoms with Crippen LogP contribution in [0.15, 0.2) is 18.2 Å². The van der Waals surface area contributed by atoms with Crippen molar-refractivity contribution in [1.82, 2.24) is 5.32 Å². The molecule has 1 aromatic rings. The van der Waals surface area contributed by atoms with E-state index in [1.165, 1.54) is 12.8 Å². The molecule has 0 saturated carbocycles. The third-order valence-corrected chi connectivity index (χ3v) is 3.26. The first-order chi connectivity index (χ1) is 9.62. The number of carbonyl (C=O) groups excluding carboxylic acids is 1. The van der Waals surface area contributed by atoms with Crippen LogP contribution in [0.25, 0.3) is 0 Å². The third-order valence-electron chi connectivity index (χ3n) is 3.26. The molecule has 0 spiro atoms. The number of unbranched alkanes of at least 4 members (excludes halogenated alkanes) is 2. The lowest BCUT2D eigenvalue weighted by Crippen LogP contribution is -2.32. The predicted octanol–water partition coefficient (Wildman–Crippen LogP) is 3.40. The number of rotatable bonds is 8. The average molecular weight is 279 g/mol. The second-order valence-electron chi connectivity index (χ2n) is 4.94. The van der Waals surface area contributed by atoms with Crippen molar-refractivity contribution in [1.29, 1.82) is 0 Å². The van der Waals surface area contributed by atoms with Gasteiger partial charge in [-0.3, -0.25) is 4.79 Å². The lowest BCUT2D eigenvalue weighted by atomic mass is 10.1. The molecule has 0 heterocycles. The van der Waals surface area contributed by atoms with E-state index in [0.29, 0.717) is 17.1 Å². The van der Waals surface area contributed by atoms with Crippen molar-refractivity contribution < 1.29 is 14.3 Å². The molecule has 1 N–H and O–H groups in total. The second-order valence-corrected chi connectivity index (χ2v) is 4.94. The van der Waals surface area contributed by atoms with Crippen LogP contribution in [0.4, 0.5) is 0 Å². The van der Waals surface area contributed by atoms with E-state index in [1.807, 2.05) is 6.92 Å². The summed E-state index contributed by atoms with van der Waals surface area (Å²) in [6.45, 7) is 4.21. The second kappa shape index (κ2) is 8.46. The molecule has 0 aromatic heterocycles. The molecule has 0 radical (unpaired) electrons. The van der Waals surface area contributed by atoms with E-state index in [1.54, 1.807) is 32.4 Å².